The largest absolute Gasteiger partial charge is 0.330 e. The van der Waals surface area contributed by atoms with Crippen molar-refractivity contribution in [2.24, 2.45) is 0 Å². The maximum Gasteiger partial charge on any atom is 0.142 e. The van der Waals surface area contributed by atoms with Crippen molar-refractivity contribution in [2.45, 2.75) is 26.3 Å². The van der Waals surface area contributed by atoms with Crippen LogP contribution in [0.2, 0.25) is 5.02 Å². The lowest BCUT2D eigenvalue weighted by Crippen LogP contribution is -2.06. The van der Waals surface area contributed by atoms with Crippen LogP contribution in [0.5, 0.6) is 0 Å². The minimum Gasteiger partial charge on any atom is -0.330 e. The van der Waals surface area contributed by atoms with E-state index in [2.05, 4.69) is 18.8 Å². The standard InChI is InChI=1S/C13H14ClFN2/c1-9(2)13-16-6-7-17(13)8-10-4-3-5-11(15)12(10)14/h3-7,9H,8H2,1-2H3. The van der Waals surface area contributed by atoms with Gasteiger partial charge in [-0.3, -0.25) is 0 Å². The smallest absolute Gasteiger partial charge is 0.142 e. The maximum absolute atomic E-state index is 13.3. The zero-order valence-electron chi connectivity index (χ0n) is 9.82. The minimum atomic E-state index is -0.379. The van der Waals surface area contributed by atoms with Crippen molar-refractivity contribution in [3.05, 3.63) is 52.8 Å². The predicted octanol–water partition coefficient (Wildman–Crippen LogP) is 3.85. The van der Waals surface area contributed by atoms with Crippen molar-refractivity contribution < 1.29 is 4.39 Å². The van der Waals surface area contributed by atoms with Gasteiger partial charge in [0.25, 0.3) is 0 Å². The average molecular weight is 253 g/mol. The van der Waals surface area contributed by atoms with E-state index in [1.165, 1.54) is 6.07 Å². The number of rotatable bonds is 3. The van der Waals surface area contributed by atoms with E-state index >= 15 is 0 Å². The van der Waals surface area contributed by atoms with Crippen molar-refractivity contribution in [2.75, 3.05) is 0 Å². The normalized spacial score (nSPS) is 11.1. The van der Waals surface area contributed by atoms with Gasteiger partial charge in [0, 0.05) is 18.3 Å². The molecule has 4 heteroatoms. The van der Waals surface area contributed by atoms with E-state index < -0.39 is 0 Å². The molecule has 0 amide bonds. The fourth-order valence-electron chi connectivity index (χ4n) is 1.81. The van der Waals surface area contributed by atoms with Crippen LogP contribution in [-0.4, -0.2) is 9.55 Å². The summed E-state index contributed by atoms with van der Waals surface area (Å²) >= 11 is 5.93. The van der Waals surface area contributed by atoms with Gasteiger partial charge in [-0.1, -0.05) is 37.6 Å². The molecule has 1 aromatic heterocycles. The lowest BCUT2D eigenvalue weighted by Gasteiger charge is -2.11. The summed E-state index contributed by atoms with van der Waals surface area (Å²) in [5, 5.41) is 0.191. The number of hydrogen-bond donors (Lipinski definition) is 0. The summed E-state index contributed by atoms with van der Waals surface area (Å²) in [7, 11) is 0. The van der Waals surface area contributed by atoms with Crippen LogP contribution in [0.4, 0.5) is 4.39 Å². The molecule has 0 fully saturated rings. The summed E-state index contributed by atoms with van der Waals surface area (Å²) in [6, 6.07) is 4.86. The molecule has 17 heavy (non-hydrogen) atoms. The number of nitrogens with zero attached hydrogens (tertiary/aromatic N) is 2. The number of benzene rings is 1. The number of imidazole rings is 1. The van der Waals surface area contributed by atoms with E-state index in [-0.39, 0.29) is 10.8 Å². The molecule has 0 aliphatic heterocycles. The van der Waals surface area contributed by atoms with E-state index in [0.717, 1.165) is 11.4 Å². The Bertz CT molecular complexity index is 520. The summed E-state index contributed by atoms with van der Waals surface area (Å²) in [5.74, 6) is 0.929. The molecule has 0 spiro atoms. The zero-order valence-corrected chi connectivity index (χ0v) is 10.6. The van der Waals surface area contributed by atoms with E-state index in [4.69, 9.17) is 11.6 Å². The lowest BCUT2D eigenvalue weighted by atomic mass is 10.2. The Labute approximate surface area is 105 Å². The van der Waals surface area contributed by atoms with Gasteiger partial charge in [0.2, 0.25) is 0 Å². The molecular weight excluding hydrogens is 239 g/mol. The third-order valence-electron chi connectivity index (χ3n) is 2.64. The highest BCUT2D eigenvalue weighted by molar-refractivity contribution is 6.31. The monoisotopic (exact) mass is 252 g/mol. The molecule has 0 radical (unpaired) electrons. The molecule has 1 heterocycles. The van der Waals surface area contributed by atoms with Gasteiger partial charge < -0.3 is 4.57 Å². The Morgan fingerprint density at radius 1 is 1.41 bits per heavy atom. The van der Waals surface area contributed by atoms with Crippen LogP contribution in [0, 0.1) is 5.82 Å². The summed E-state index contributed by atoms with van der Waals surface area (Å²) in [4.78, 5) is 4.29. The van der Waals surface area contributed by atoms with Crippen LogP contribution in [0.25, 0.3) is 0 Å². The van der Waals surface area contributed by atoms with Gasteiger partial charge in [-0.2, -0.15) is 0 Å². The highest BCUT2D eigenvalue weighted by Crippen LogP contribution is 2.22. The van der Waals surface area contributed by atoms with Gasteiger partial charge in [-0.05, 0) is 11.6 Å². The molecule has 0 N–H and O–H groups in total. The summed E-state index contributed by atoms with van der Waals surface area (Å²) in [6.45, 7) is 4.70. The molecule has 0 saturated carbocycles. The molecule has 1 aromatic carbocycles. The van der Waals surface area contributed by atoms with E-state index in [0.29, 0.717) is 12.5 Å². The Balaban J connectivity index is 2.32. The fraction of sp³-hybridized carbons (Fsp3) is 0.308. The second-order valence-electron chi connectivity index (χ2n) is 4.28. The summed E-state index contributed by atoms with van der Waals surface area (Å²) in [5.41, 5.74) is 0.770. The molecular formula is C13H14ClFN2. The van der Waals surface area contributed by atoms with Crippen molar-refractivity contribution in [1.82, 2.24) is 9.55 Å². The first-order chi connectivity index (χ1) is 8.09. The van der Waals surface area contributed by atoms with Crippen molar-refractivity contribution in [1.29, 1.82) is 0 Å². The quantitative estimate of drug-likeness (QED) is 0.811. The molecule has 2 aromatic rings. The fourth-order valence-corrected chi connectivity index (χ4v) is 1.99. The molecule has 0 aliphatic carbocycles. The first-order valence-electron chi connectivity index (χ1n) is 5.53. The molecule has 2 rings (SSSR count). The third-order valence-corrected chi connectivity index (χ3v) is 3.06. The Morgan fingerprint density at radius 2 is 2.18 bits per heavy atom. The molecule has 0 unspecified atom stereocenters. The second kappa shape index (κ2) is 4.88. The number of halogens is 2. The van der Waals surface area contributed by atoms with Gasteiger partial charge in [-0.25, -0.2) is 9.37 Å². The van der Waals surface area contributed by atoms with Crippen LogP contribution in [0.15, 0.2) is 30.6 Å². The van der Waals surface area contributed by atoms with Crippen LogP contribution >= 0.6 is 11.6 Å². The molecule has 0 atom stereocenters. The highest BCUT2D eigenvalue weighted by Gasteiger charge is 2.10. The van der Waals surface area contributed by atoms with Crippen molar-refractivity contribution in [3.63, 3.8) is 0 Å². The number of hydrogen-bond acceptors (Lipinski definition) is 1. The van der Waals surface area contributed by atoms with Crippen LogP contribution in [-0.2, 0) is 6.54 Å². The predicted molar refractivity (Wildman–Crippen MR) is 66.8 cm³/mol. The van der Waals surface area contributed by atoms with Gasteiger partial charge in [0.15, 0.2) is 0 Å². The SMILES string of the molecule is CC(C)c1nccn1Cc1cccc(F)c1Cl. The first-order valence-corrected chi connectivity index (χ1v) is 5.91. The van der Waals surface area contributed by atoms with Gasteiger partial charge >= 0.3 is 0 Å². The van der Waals surface area contributed by atoms with Gasteiger partial charge in [0.05, 0.1) is 11.6 Å². The maximum atomic E-state index is 13.3. The van der Waals surface area contributed by atoms with E-state index in [1.807, 2.05) is 16.8 Å². The van der Waals surface area contributed by atoms with Crippen molar-refractivity contribution >= 4 is 11.6 Å². The van der Waals surface area contributed by atoms with Gasteiger partial charge in [0.1, 0.15) is 11.6 Å². The summed E-state index contributed by atoms with van der Waals surface area (Å²) in [6.07, 6.45) is 3.64. The van der Waals surface area contributed by atoms with Gasteiger partial charge in [-0.15, -0.1) is 0 Å². The minimum absolute atomic E-state index is 0.191. The molecule has 90 valence electrons. The zero-order chi connectivity index (χ0) is 12.4. The Kier molecular flexibility index (Phi) is 3.48. The molecule has 0 bridgehead atoms. The van der Waals surface area contributed by atoms with E-state index in [9.17, 15) is 4.39 Å². The molecule has 0 aliphatic rings. The second-order valence-corrected chi connectivity index (χ2v) is 4.66. The van der Waals surface area contributed by atoms with Crippen LogP contribution in [0.3, 0.4) is 0 Å². The third kappa shape index (κ3) is 2.50. The number of aromatic nitrogens is 2. The summed E-state index contributed by atoms with van der Waals surface area (Å²) < 4.78 is 15.3. The lowest BCUT2D eigenvalue weighted by molar-refractivity contribution is 0.620. The molecule has 2 nitrogen and oxygen atoms in total. The van der Waals surface area contributed by atoms with Crippen molar-refractivity contribution in [3.8, 4) is 0 Å². The van der Waals surface area contributed by atoms with Crippen LogP contribution < -0.4 is 0 Å². The van der Waals surface area contributed by atoms with Crippen LogP contribution in [0.1, 0.15) is 31.2 Å². The topological polar surface area (TPSA) is 17.8 Å². The molecule has 0 saturated heterocycles. The average Bonchev–Trinajstić information content (AvgIpc) is 2.73. The Morgan fingerprint density at radius 3 is 2.88 bits per heavy atom. The first kappa shape index (κ1) is 12.1. The van der Waals surface area contributed by atoms with E-state index in [1.54, 1.807) is 12.3 Å². The Hall–Kier alpha value is -1.35. The highest BCUT2D eigenvalue weighted by atomic mass is 35.5.